The van der Waals surface area contributed by atoms with E-state index in [9.17, 15) is 0 Å². The Morgan fingerprint density at radius 3 is 2.75 bits per heavy atom. The molecule has 0 aromatic heterocycles. The Hall–Kier alpha value is -0.300. The second kappa shape index (κ2) is 3.21. The van der Waals surface area contributed by atoms with E-state index in [1.165, 1.54) is 44.9 Å². The molecular formula is C11H19N. The summed E-state index contributed by atoms with van der Waals surface area (Å²) in [5.74, 6) is 0.941. The Kier molecular flexibility index (Phi) is 2.22. The highest BCUT2D eigenvalue weighted by atomic mass is 14.8. The second-order valence-electron chi connectivity index (χ2n) is 4.55. The molecule has 1 nitrogen and oxygen atoms in total. The predicted octanol–water partition coefficient (Wildman–Crippen LogP) is 2.61. The third-order valence-corrected chi connectivity index (χ3v) is 3.32. The van der Waals surface area contributed by atoms with Crippen molar-refractivity contribution in [1.82, 2.24) is 0 Å². The van der Waals surface area contributed by atoms with Crippen molar-refractivity contribution in [3.8, 4) is 0 Å². The van der Waals surface area contributed by atoms with Crippen molar-refractivity contribution in [2.45, 2.75) is 50.5 Å². The fourth-order valence-electron chi connectivity index (χ4n) is 2.02. The van der Waals surface area contributed by atoms with Gasteiger partial charge in [-0.05, 0) is 50.9 Å². The van der Waals surface area contributed by atoms with E-state index in [0.717, 1.165) is 5.92 Å². The number of rotatable bonds is 3. The summed E-state index contributed by atoms with van der Waals surface area (Å²) >= 11 is 0. The number of hydrogen-bond acceptors (Lipinski definition) is 1. The first-order valence-corrected chi connectivity index (χ1v) is 5.22. The average molecular weight is 165 g/mol. The van der Waals surface area contributed by atoms with Gasteiger partial charge in [0.05, 0.1) is 0 Å². The quantitative estimate of drug-likeness (QED) is 0.639. The molecule has 1 unspecified atom stereocenters. The lowest BCUT2D eigenvalue weighted by atomic mass is 9.88. The molecule has 0 amide bonds. The summed E-state index contributed by atoms with van der Waals surface area (Å²) in [6, 6.07) is 0. The molecule has 68 valence electrons. The van der Waals surface area contributed by atoms with Gasteiger partial charge in [-0.15, -0.1) is 0 Å². The van der Waals surface area contributed by atoms with Gasteiger partial charge in [-0.25, -0.2) is 0 Å². The molecule has 0 bridgehead atoms. The Bertz CT molecular complexity index is 179. The van der Waals surface area contributed by atoms with Crippen LogP contribution in [0.1, 0.15) is 44.9 Å². The molecule has 1 heteroatoms. The van der Waals surface area contributed by atoms with Crippen molar-refractivity contribution < 1.29 is 0 Å². The molecule has 12 heavy (non-hydrogen) atoms. The van der Waals surface area contributed by atoms with E-state index in [1.54, 1.807) is 0 Å². The van der Waals surface area contributed by atoms with Gasteiger partial charge in [-0.2, -0.15) is 0 Å². The van der Waals surface area contributed by atoms with Gasteiger partial charge in [-0.1, -0.05) is 12.2 Å². The fourth-order valence-corrected chi connectivity index (χ4v) is 2.02. The lowest BCUT2D eigenvalue weighted by Crippen LogP contribution is -2.22. The van der Waals surface area contributed by atoms with Gasteiger partial charge in [0.2, 0.25) is 0 Å². The number of hydrogen-bond donors (Lipinski definition) is 1. The molecule has 1 atom stereocenters. The van der Waals surface area contributed by atoms with Crippen molar-refractivity contribution in [2.24, 2.45) is 11.7 Å². The zero-order valence-electron chi connectivity index (χ0n) is 7.76. The van der Waals surface area contributed by atoms with Crippen LogP contribution in [0.15, 0.2) is 12.2 Å². The first-order chi connectivity index (χ1) is 5.79. The predicted molar refractivity (Wildman–Crippen MR) is 51.9 cm³/mol. The van der Waals surface area contributed by atoms with E-state index in [2.05, 4.69) is 12.2 Å². The number of nitrogens with two attached hydrogens (primary N) is 1. The highest BCUT2D eigenvalue weighted by Crippen LogP contribution is 2.38. The second-order valence-corrected chi connectivity index (χ2v) is 4.55. The molecule has 0 aromatic carbocycles. The van der Waals surface area contributed by atoms with Crippen molar-refractivity contribution >= 4 is 0 Å². The van der Waals surface area contributed by atoms with Gasteiger partial charge in [0, 0.05) is 5.54 Å². The molecule has 1 fully saturated rings. The van der Waals surface area contributed by atoms with E-state index in [0.29, 0.717) is 0 Å². The van der Waals surface area contributed by atoms with Crippen LogP contribution >= 0.6 is 0 Å². The topological polar surface area (TPSA) is 26.0 Å². The van der Waals surface area contributed by atoms with Gasteiger partial charge in [0.15, 0.2) is 0 Å². The summed E-state index contributed by atoms with van der Waals surface area (Å²) in [6.45, 7) is 0. The van der Waals surface area contributed by atoms with Gasteiger partial charge < -0.3 is 5.73 Å². The van der Waals surface area contributed by atoms with Crippen LogP contribution in [0.2, 0.25) is 0 Å². The van der Waals surface area contributed by atoms with Crippen molar-refractivity contribution in [3.63, 3.8) is 0 Å². The van der Waals surface area contributed by atoms with Crippen LogP contribution in [-0.4, -0.2) is 5.54 Å². The fraction of sp³-hybridized carbons (Fsp3) is 0.818. The minimum absolute atomic E-state index is 0.279. The van der Waals surface area contributed by atoms with Crippen LogP contribution in [0, 0.1) is 5.92 Å². The summed E-state index contributed by atoms with van der Waals surface area (Å²) < 4.78 is 0. The van der Waals surface area contributed by atoms with Gasteiger partial charge in [-0.3, -0.25) is 0 Å². The third kappa shape index (κ3) is 2.10. The minimum atomic E-state index is 0.279. The average Bonchev–Trinajstić information content (AvgIpc) is 2.84. The van der Waals surface area contributed by atoms with Crippen LogP contribution in [0.3, 0.4) is 0 Å². The van der Waals surface area contributed by atoms with Gasteiger partial charge >= 0.3 is 0 Å². The van der Waals surface area contributed by atoms with E-state index in [4.69, 9.17) is 5.73 Å². The molecule has 2 N–H and O–H groups in total. The largest absolute Gasteiger partial charge is 0.325 e. The van der Waals surface area contributed by atoms with Crippen molar-refractivity contribution in [1.29, 1.82) is 0 Å². The standard InChI is InChI=1S/C11H19N/c12-11(8-9-11)7-6-10-4-2-1-3-5-10/h1-2,10H,3-9,12H2. The summed E-state index contributed by atoms with van der Waals surface area (Å²) in [6.07, 6.45) is 13.8. The van der Waals surface area contributed by atoms with Crippen molar-refractivity contribution in [3.05, 3.63) is 12.2 Å². The lowest BCUT2D eigenvalue weighted by molar-refractivity contribution is 0.403. The monoisotopic (exact) mass is 165 g/mol. The SMILES string of the molecule is NC1(CCC2CC=CCC2)CC1. The molecule has 0 heterocycles. The maximum Gasteiger partial charge on any atom is 0.0155 e. The van der Waals surface area contributed by atoms with Gasteiger partial charge in [0.25, 0.3) is 0 Å². The molecule has 2 rings (SSSR count). The molecule has 1 saturated carbocycles. The normalized spacial score (nSPS) is 31.9. The van der Waals surface area contributed by atoms with Crippen LogP contribution in [-0.2, 0) is 0 Å². The molecule has 0 saturated heterocycles. The first-order valence-electron chi connectivity index (χ1n) is 5.22. The van der Waals surface area contributed by atoms with E-state index in [1.807, 2.05) is 0 Å². The molecule has 2 aliphatic carbocycles. The highest BCUT2D eigenvalue weighted by molar-refractivity contribution is 4.99. The lowest BCUT2D eigenvalue weighted by Gasteiger charge is -2.19. The highest BCUT2D eigenvalue weighted by Gasteiger charge is 2.37. The maximum absolute atomic E-state index is 6.05. The summed E-state index contributed by atoms with van der Waals surface area (Å²) in [5, 5.41) is 0. The van der Waals surface area contributed by atoms with Gasteiger partial charge in [0.1, 0.15) is 0 Å². The summed E-state index contributed by atoms with van der Waals surface area (Å²) in [4.78, 5) is 0. The van der Waals surface area contributed by atoms with E-state index < -0.39 is 0 Å². The maximum atomic E-state index is 6.05. The van der Waals surface area contributed by atoms with Crippen LogP contribution in [0.5, 0.6) is 0 Å². The third-order valence-electron chi connectivity index (χ3n) is 3.32. The summed E-state index contributed by atoms with van der Waals surface area (Å²) in [5.41, 5.74) is 6.32. The number of allylic oxidation sites excluding steroid dienone is 2. The van der Waals surface area contributed by atoms with Crippen LogP contribution < -0.4 is 5.73 Å². The zero-order valence-corrected chi connectivity index (χ0v) is 7.76. The molecular weight excluding hydrogens is 146 g/mol. The van der Waals surface area contributed by atoms with Crippen LogP contribution in [0.25, 0.3) is 0 Å². The minimum Gasteiger partial charge on any atom is -0.325 e. The van der Waals surface area contributed by atoms with Crippen molar-refractivity contribution in [2.75, 3.05) is 0 Å². The van der Waals surface area contributed by atoms with Crippen LogP contribution in [0.4, 0.5) is 0 Å². The Labute approximate surface area is 75.0 Å². The Balaban J connectivity index is 1.69. The molecule has 0 aliphatic heterocycles. The molecule has 0 aromatic rings. The Morgan fingerprint density at radius 1 is 1.33 bits per heavy atom. The summed E-state index contributed by atoms with van der Waals surface area (Å²) in [7, 11) is 0. The smallest absolute Gasteiger partial charge is 0.0155 e. The molecule has 0 spiro atoms. The molecule has 0 radical (unpaired) electrons. The Morgan fingerprint density at radius 2 is 2.17 bits per heavy atom. The zero-order chi connectivity index (χ0) is 8.44. The first kappa shape index (κ1) is 8.31. The van der Waals surface area contributed by atoms with E-state index >= 15 is 0 Å². The van der Waals surface area contributed by atoms with E-state index in [-0.39, 0.29) is 5.54 Å². The molecule has 2 aliphatic rings.